The predicted molar refractivity (Wildman–Crippen MR) is 63.9 cm³/mol. The van der Waals surface area contributed by atoms with E-state index in [1.54, 1.807) is 0 Å². The first-order valence-corrected chi connectivity index (χ1v) is 5.96. The van der Waals surface area contributed by atoms with Gasteiger partial charge < -0.3 is 11.5 Å². The minimum atomic E-state index is -0.621. The Morgan fingerprint density at radius 1 is 1.25 bits per heavy atom. The molecule has 0 aliphatic rings. The molecule has 0 spiro atoms. The third-order valence-corrected chi connectivity index (χ3v) is 3.03. The molecule has 0 unspecified atom stereocenters. The van der Waals surface area contributed by atoms with E-state index in [0.29, 0.717) is 13.0 Å². The molecule has 4 N–H and O–H groups in total. The molecule has 0 aromatic heterocycles. The van der Waals surface area contributed by atoms with Crippen molar-refractivity contribution in [1.82, 2.24) is 0 Å². The van der Waals surface area contributed by atoms with Crippen molar-refractivity contribution in [2.45, 2.75) is 25.3 Å². The molecule has 1 aromatic rings. The lowest BCUT2D eigenvalue weighted by molar-refractivity contribution is 0.497. The molecule has 0 radical (unpaired) electrons. The van der Waals surface area contributed by atoms with Crippen molar-refractivity contribution in [1.29, 1.82) is 0 Å². The first-order chi connectivity index (χ1) is 7.57. The SMILES string of the molecule is NCCCC[C@@H](N)c1c(F)ccc(Br)c1F. The third kappa shape index (κ3) is 3.23. The number of benzene rings is 1. The van der Waals surface area contributed by atoms with Gasteiger partial charge >= 0.3 is 0 Å². The summed E-state index contributed by atoms with van der Waals surface area (Å²) in [6, 6.07) is 1.93. The second kappa shape index (κ2) is 6.27. The first kappa shape index (κ1) is 13.5. The van der Waals surface area contributed by atoms with Gasteiger partial charge in [-0.05, 0) is 47.4 Å². The van der Waals surface area contributed by atoms with Gasteiger partial charge in [-0.25, -0.2) is 8.78 Å². The number of nitrogens with two attached hydrogens (primary N) is 2. The van der Waals surface area contributed by atoms with Crippen LogP contribution in [0.5, 0.6) is 0 Å². The van der Waals surface area contributed by atoms with E-state index in [4.69, 9.17) is 11.5 Å². The number of halogens is 3. The van der Waals surface area contributed by atoms with E-state index in [-0.39, 0.29) is 10.0 Å². The van der Waals surface area contributed by atoms with Gasteiger partial charge in [0.2, 0.25) is 0 Å². The van der Waals surface area contributed by atoms with Crippen LogP contribution < -0.4 is 11.5 Å². The Hall–Kier alpha value is -0.520. The Morgan fingerprint density at radius 2 is 1.94 bits per heavy atom. The molecule has 0 aliphatic heterocycles. The quantitative estimate of drug-likeness (QED) is 0.648. The van der Waals surface area contributed by atoms with Gasteiger partial charge in [0.05, 0.1) is 4.47 Å². The van der Waals surface area contributed by atoms with Crippen molar-refractivity contribution in [2.24, 2.45) is 11.5 Å². The zero-order valence-corrected chi connectivity index (χ0v) is 10.4. The van der Waals surface area contributed by atoms with E-state index in [9.17, 15) is 8.78 Å². The van der Waals surface area contributed by atoms with Crippen LogP contribution in [0.15, 0.2) is 16.6 Å². The number of unbranched alkanes of at least 4 members (excludes halogenated alkanes) is 1. The summed E-state index contributed by atoms with van der Waals surface area (Å²) >= 11 is 3.01. The van der Waals surface area contributed by atoms with Crippen LogP contribution in [0, 0.1) is 11.6 Å². The molecule has 1 rings (SSSR count). The summed E-state index contributed by atoms with van der Waals surface area (Å²) < 4.78 is 27.3. The largest absolute Gasteiger partial charge is 0.330 e. The van der Waals surface area contributed by atoms with Crippen LogP contribution in [0.4, 0.5) is 8.78 Å². The Bertz CT molecular complexity index is 358. The Labute approximate surface area is 102 Å². The number of hydrogen-bond donors (Lipinski definition) is 2. The maximum absolute atomic E-state index is 13.6. The predicted octanol–water partition coefficient (Wildman–Crippen LogP) is 2.86. The minimum absolute atomic E-state index is 0.0496. The van der Waals surface area contributed by atoms with E-state index in [2.05, 4.69) is 15.9 Å². The van der Waals surface area contributed by atoms with Gasteiger partial charge in [0.1, 0.15) is 11.6 Å². The highest BCUT2D eigenvalue weighted by Crippen LogP contribution is 2.27. The van der Waals surface area contributed by atoms with Gasteiger partial charge in [-0.2, -0.15) is 0 Å². The zero-order valence-electron chi connectivity index (χ0n) is 8.85. The van der Waals surface area contributed by atoms with Gasteiger partial charge in [0.25, 0.3) is 0 Å². The standard InChI is InChI=1S/C11H15BrF2N2/c12-7-4-5-8(13)10(11(7)14)9(16)3-1-2-6-15/h4-5,9H,1-3,6,15-16H2/t9-/m1/s1. The fourth-order valence-electron chi connectivity index (χ4n) is 1.54. The van der Waals surface area contributed by atoms with Crippen molar-refractivity contribution in [3.63, 3.8) is 0 Å². The minimum Gasteiger partial charge on any atom is -0.330 e. The van der Waals surface area contributed by atoms with Crippen LogP contribution in [0.2, 0.25) is 0 Å². The zero-order chi connectivity index (χ0) is 12.1. The molecule has 0 aliphatic carbocycles. The topological polar surface area (TPSA) is 52.0 Å². The molecular formula is C11H15BrF2N2. The van der Waals surface area contributed by atoms with Gasteiger partial charge in [0, 0.05) is 11.6 Å². The van der Waals surface area contributed by atoms with Gasteiger partial charge in [-0.3, -0.25) is 0 Å². The summed E-state index contributed by atoms with van der Waals surface area (Å²) in [5.74, 6) is -1.21. The molecule has 0 amide bonds. The van der Waals surface area contributed by atoms with Crippen molar-refractivity contribution in [3.05, 3.63) is 33.8 Å². The summed E-state index contributed by atoms with van der Waals surface area (Å²) in [6.45, 7) is 0.566. The lowest BCUT2D eigenvalue weighted by Gasteiger charge is -2.14. The lowest BCUT2D eigenvalue weighted by atomic mass is 10.0. The molecule has 0 heterocycles. The molecule has 0 saturated heterocycles. The molecule has 1 atom stereocenters. The Kier molecular flexibility index (Phi) is 5.31. The number of rotatable bonds is 5. The summed E-state index contributed by atoms with van der Waals surface area (Å²) in [5.41, 5.74) is 11.1. The van der Waals surface area contributed by atoms with Crippen LogP contribution in [0.25, 0.3) is 0 Å². The second-order valence-corrected chi connectivity index (χ2v) is 4.50. The average Bonchev–Trinajstić information content (AvgIpc) is 2.24. The molecule has 16 heavy (non-hydrogen) atoms. The van der Waals surface area contributed by atoms with Crippen molar-refractivity contribution in [3.8, 4) is 0 Å². The average molecular weight is 293 g/mol. The highest BCUT2D eigenvalue weighted by molar-refractivity contribution is 9.10. The van der Waals surface area contributed by atoms with Crippen molar-refractivity contribution in [2.75, 3.05) is 6.54 Å². The van der Waals surface area contributed by atoms with Crippen LogP contribution in [0.1, 0.15) is 30.9 Å². The van der Waals surface area contributed by atoms with Crippen LogP contribution >= 0.6 is 15.9 Å². The van der Waals surface area contributed by atoms with Gasteiger partial charge in [0.15, 0.2) is 0 Å². The van der Waals surface area contributed by atoms with Gasteiger partial charge in [-0.15, -0.1) is 0 Å². The van der Waals surface area contributed by atoms with E-state index in [1.165, 1.54) is 12.1 Å². The van der Waals surface area contributed by atoms with E-state index in [1.807, 2.05) is 0 Å². The van der Waals surface area contributed by atoms with Crippen LogP contribution in [0.3, 0.4) is 0 Å². The summed E-state index contributed by atoms with van der Waals surface area (Å²) in [5, 5.41) is 0. The molecular weight excluding hydrogens is 278 g/mol. The fourth-order valence-corrected chi connectivity index (χ4v) is 1.88. The molecule has 0 fully saturated rings. The molecule has 1 aromatic carbocycles. The molecule has 90 valence electrons. The van der Waals surface area contributed by atoms with Crippen molar-refractivity contribution >= 4 is 15.9 Å². The normalized spacial score (nSPS) is 12.8. The van der Waals surface area contributed by atoms with E-state index >= 15 is 0 Å². The molecule has 5 heteroatoms. The van der Waals surface area contributed by atoms with Crippen LogP contribution in [-0.2, 0) is 0 Å². The third-order valence-electron chi connectivity index (χ3n) is 2.42. The fraction of sp³-hybridized carbons (Fsp3) is 0.455. The second-order valence-electron chi connectivity index (χ2n) is 3.65. The Morgan fingerprint density at radius 3 is 2.56 bits per heavy atom. The Balaban J connectivity index is 2.81. The monoisotopic (exact) mass is 292 g/mol. The maximum Gasteiger partial charge on any atom is 0.145 e. The smallest absolute Gasteiger partial charge is 0.145 e. The first-order valence-electron chi connectivity index (χ1n) is 5.17. The lowest BCUT2D eigenvalue weighted by Crippen LogP contribution is -2.15. The highest BCUT2D eigenvalue weighted by atomic mass is 79.9. The summed E-state index contributed by atoms with van der Waals surface area (Å²) in [6.07, 6.45) is 2.11. The maximum atomic E-state index is 13.6. The molecule has 0 saturated carbocycles. The van der Waals surface area contributed by atoms with E-state index in [0.717, 1.165) is 12.8 Å². The van der Waals surface area contributed by atoms with Gasteiger partial charge in [-0.1, -0.05) is 6.42 Å². The summed E-state index contributed by atoms with van der Waals surface area (Å²) in [4.78, 5) is 0. The highest BCUT2D eigenvalue weighted by Gasteiger charge is 2.18. The number of hydrogen-bond acceptors (Lipinski definition) is 2. The molecule has 0 bridgehead atoms. The van der Waals surface area contributed by atoms with E-state index < -0.39 is 17.7 Å². The van der Waals surface area contributed by atoms with Crippen LogP contribution in [-0.4, -0.2) is 6.54 Å². The van der Waals surface area contributed by atoms with Crippen molar-refractivity contribution < 1.29 is 8.78 Å². The molecule has 2 nitrogen and oxygen atoms in total. The summed E-state index contributed by atoms with van der Waals surface area (Å²) in [7, 11) is 0.